The van der Waals surface area contributed by atoms with Gasteiger partial charge in [-0.1, -0.05) is 18.2 Å². The molecule has 2 aromatic rings. The highest BCUT2D eigenvalue weighted by molar-refractivity contribution is 5.43. The van der Waals surface area contributed by atoms with Crippen LogP contribution in [0.4, 0.5) is 4.39 Å². The number of aliphatic hydroxyl groups excluding tert-OH is 1. The van der Waals surface area contributed by atoms with Crippen LogP contribution in [0.15, 0.2) is 42.5 Å². The van der Waals surface area contributed by atoms with Crippen LogP contribution in [-0.2, 0) is 6.54 Å². The number of ether oxygens (including phenoxy) is 2. The first-order chi connectivity index (χ1) is 11.6. The summed E-state index contributed by atoms with van der Waals surface area (Å²) in [6.07, 6.45) is 0.204. The number of benzene rings is 2. The van der Waals surface area contributed by atoms with Gasteiger partial charge in [-0.05, 0) is 41.8 Å². The fourth-order valence-corrected chi connectivity index (χ4v) is 3.33. The summed E-state index contributed by atoms with van der Waals surface area (Å²) < 4.78 is 24.2. The molecule has 1 heterocycles. The lowest BCUT2D eigenvalue weighted by Gasteiger charge is -2.25. The van der Waals surface area contributed by atoms with Crippen molar-refractivity contribution < 1.29 is 19.0 Å². The van der Waals surface area contributed by atoms with Crippen molar-refractivity contribution in [2.75, 3.05) is 20.8 Å². The number of hydrogen-bond acceptors (Lipinski definition) is 4. The lowest BCUT2D eigenvalue weighted by Crippen LogP contribution is -2.24. The maximum absolute atomic E-state index is 13.5. The van der Waals surface area contributed by atoms with Gasteiger partial charge >= 0.3 is 0 Å². The Bertz CT molecular complexity index is 707. The molecule has 2 atom stereocenters. The summed E-state index contributed by atoms with van der Waals surface area (Å²) in [5.74, 6) is 1.11. The van der Waals surface area contributed by atoms with Crippen molar-refractivity contribution in [3.63, 3.8) is 0 Å². The van der Waals surface area contributed by atoms with Crippen LogP contribution in [0, 0.1) is 5.82 Å². The van der Waals surface area contributed by atoms with E-state index >= 15 is 0 Å². The zero-order valence-corrected chi connectivity index (χ0v) is 13.9. The van der Waals surface area contributed by atoms with Crippen LogP contribution in [0.3, 0.4) is 0 Å². The molecule has 1 saturated heterocycles. The van der Waals surface area contributed by atoms with E-state index in [-0.39, 0.29) is 11.9 Å². The van der Waals surface area contributed by atoms with Gasteiger partial charge in [0.2, 0.25) is 0 Å². The van der Waals surface area contributed by atoms with Crippen molar-refractivity contribution in [2.45, 2.75) is 25.1 Å². The number of hydrogen-bond donors (Lipinski definition) is 1. The Morgan fingerprint density at radius 1 is 1.12 bits per heavy atom. The van der Waals surface area contributed by atoms with Gasteiger partial charge in [-0.2, -0.15) is 0 Å². The number of halogens is 1. The molecule has 1 aliphatic rings. The van der Waals surface area contributed by atoms with Gasteiger partial charge in [0.15, 0.2) is 11.5 Å². The second kappa shape index (κ2) is 7.20. The monoisotopic (exact) mass is 331 g/mol. The zero-order valence-electron chi connectivity index (χ0n) is 13.9. The summed E-state index contributed by atoms with van der Waals surface area (Å²) in [5, 5.41) is 10.1. The van der Waals surface area contributed by atoms with E-state index < -0.39 is 6.10 Å². The van der Waals surface area contributed by atoms with Gasteiger partial charge in [0.05, 0.1) is 20.3 Å². The SMILES string of the molecule is COc1ccc(CN2C[C@H](O)C[C@H]2c2cccc(F)c2)cc1OC. The number of β-amino-alcohol motifs (C(OH)–C–C–N with tert-alkyl or cyclic N) is 1. The van der Waals surface area contributed by atoms with Crippen LogP contribution in [-0.4, -0.2) is 36.9 Å². The smallest absolute Gasteiger partial charge is 0.161 e. The normalized spacial score (nSPS) is 21.0. The molecule has 0 aromatic heterocycles. The molecule has 1 fully saturated rings. The predicted octanol–water partition coefficient (Wildman–Crippen LogP) is 3.15. The van der Waals surface area contributed by atoms with Crippen LogP contribution in [0.2, 0.25) is 0 Å². The van der Waals surface area contributed by atoms with Gasteiger partial charge in [-0.3, -0.25) is 4.90 Å². The van der Waals surface area contributed by atoms with E-state index in [0.29, 0.717) is 31.0 Å². The molecule has 0 aliphatic carbocycles. The van der Waals surface area contributed by atoms with E-state index in [1.165, 1.54) is 6.07 Å². The van der Waals surface area contributed by atoms with Gasteiger partial charge in [-0.15, -0.1) is 0 Å². The van der Waals surface area contributed by atoms with Gasteiger partial charge in [0.1, 0.15) is 5.82 Å². The van der Waals surface area contributed by atoms with E-state index in [2.05, 4.69) is 4.90 Å². The molecule has 24 heavy (non-hydrogen) atoms. The summed E-state index contributed by atoms with van der Waals surface area (Å²) >= 11 is 0. The van der Waals surface area contributed by atoms with Gasteiger partial charge < -0.3 is 14.6 Å². The van der Waals surface area contributed by atoms with E-state index in [1.807, 2.05) is 24.3 Å². The summed E-state index contributed by atoms with van der Waals surface area (Å²) in [5.41, 5.74) is 1.95. The Kier molecular flexibility index (Phi) is 5.02. The van der Waals surface area contributed by atoms with Gasteiger partial charge in [0, 0.05) is 19.1 Å². The topological polar surface area (TPSA) is 41.9 Å². The molecule has 4 nitrogen and oxygen atoms in total. The maximum atomic E-state index is 13.5. The number of rotatable bonds is 5. The Morgan fingerprint density at radius 3 is 2.62 bits per heavy atom. The third-order valence-electron chi connectivity index (χ3n) is 4.45. The fourth-order valence-electron chi connectivity index (χ4n) is 3.33. The van der Waals surface area contributed by atoms with Crippen LogP contribution < -0.4 is 9.47 Å². The number of methoxy groups -OCH3 is 2. The minimum atomic E-state index is -0.404. The molecule has 1 N–H and O–H groups in total. The molecule has 0 amide bonds. The van der Waals surface area contributed by atoms with Gasteiger partial charge in [-0.25, -0.2) is 4.39 Å². The van der Waals surface area contributed by atoms with Crippen molar-refractivity contribution in [1.29, 1.82) is 0 Å². The standard InChI is InChI=1S/C19H22FNO3/c1-23-18-7-6-13(8-19(18)24-2)11-21-12-16(22)10-17(21)14-4-3-5-15(20)9-14/h3-9,16-17,22H,10-12H2,1-2H3/t16-,17+/m1/s1. The molecule has 3 rings (SSSR count). The molecule has 2 aromatic carbocycles. The quantitative estimate of drug-likeness (QED) is 0.914. The zero-order chi connectivity index (χ0) is 17.1. The third-order valence-corrected chi connectivity index (χ3v) is 4.45. The number of nitrogens with zero attached hydrogens (tertiary/aromatic N) is 1. The minimum absolute atomic E-state index is 0.00352. The summed E-state index contributed by atoms with van der Waals surface area (Å²) in [4.78, 5) is 2.17. The minimum Gasteiger partial charge on any atom is -0.493 e. The first kappa shape index (κ1) is 16.7. The van der Waals surface area contributed by atoms with Crippen LogP contribution in [0.25, 0.3) is 0 Å². The second-order valence-corrected chi connectivity index (χ2v) is 6.08. The van der Waals surface area contributed by atoms with Crippen molar-refractivity contribution in [3.8, 4) is 11.5 Å². The average molecular weight is 331 g/mol. The van der Waals surface area contributed by atoms with E-state index in [9.17, 15) is 9.50 Å². The van der Waals surface area contributed by atoms with E-state index in [0.717, 1.165) is 11.1 Å². The lowest BCUT2D eigenvalue weighted by molar-refractivity contribution is 0.172. The highest BCUT2D eigenvalue weighted by Gasteiger charge is 2.32. The Morgan fingerprint density at radius 2 is 1.92 bits per heavy atom. The van der Waals surface area contributed by atoms with Gasteiger partial charge in [0.25, 0.3) is 0 Å². The number of likely N-dealkylation sites (tertiary alicyclic amines) is 1. The Hall–Kier alpha value is -2.11. The average Bonchev–Trinajstić information content (AvgIpc) is 2.95. The van der Waals surface area contributed by atoms with E-state index in [4.69, 9.17) is 9.47 Å². The molecular weight excluding hydrogens is 309 g/mol. The molecule has 0 bridgehead atoms. The second-order valence-electron chi connectivity index (χ2n) is 6.08. The van der Waals surface area contributed by atoms with Crippen molar-refractivity contribution >= 4 is 0 Å². The summed E-state index contributed by atoms with van der Waals surface area (Å²) in [6.45, 7) is 1.22. The highest BCUT2D eigenvalue weighted by Crippen LogP contribution is 2.35. The summed E-state index contributed by atoms with van der Waals surface area (Å²) in [7, 11) is 3.21. The Balaban J connectivity index is 1.82. The molecule has 0 unspecified atom stereocenters. The summed E-state index contributed by atoms with van der Waals surface area (Å²) in [6, 6.07) is 12.4. The molecule has 0 radical (unpaired) electrons. The molecule has 0 spiro atoms. The highest BCUT2D eigenvalue weighted by atomic mass is 19.1. The van der Waals surface area contributed by atoms with Crippen molar-refractivity contribution in [2.24, 2.45) is 0 Å². The largest absolute Gasteiger partial charge is 0.493 e. The molecule has 5 heteroatoms. The fraction of sp³-hybridized carbons (Fsp3) is 0.368. The van der Waals surface area contributed by atoms with Crippen LogP contribution in [0.1, 0.15) is 23.6 Å². The molecule has 1 aliphatic heterocycles. The molecule has 128 valence electrons. The van der Waals surface area contributed by atoms with Crippen LogP contribution >= 0.6 is 0 Å². The maximum Gasteiger partial charge on any atom is 0.161 e. The van der Waals surface area contributed by atoms with Crippen molar-refractivity contribution in [1.82, 2.24) is 4.90 Å². The first-order valence-corrected chi connectivity index (χ1v) is 7.99. The van der Waals surface area contributed by atoms with Crippen molar-refractivity contribution in [3.05, 3.63) is 59.4 Å². The van der Waals surface area contributed by atoms with Crippen LogP contribution in [0.5, 0.6) is 11.5 Å². The third kappa shape index (κ3) is 3.52. The molecular formula is C19H22FNO3. The predicted molar refractivity (Wildman–Crippen MR) is 89.7 cm³/mol. The van der Waals surface area contributed by atoms with E-state index in [1.54, 1.807) is 26.4 Å². The Labute approximate surface area is 141 Å². The first-order valence-electron chi connectivity index (χ1n) is 7.99. The molecule has 0 saturated carbocycles. The number of aliphatic hydroxyl groups is 1. The lowest BCUT2D eigenvalue weighted by atomic mass is 10.0.